The van der Waals surface area contributed by atoms with Gasteiger partial charge in [0.25, 0.3) is 0 Å². The highest BCUT2D eigenvalue weighted by Crippen LogP contribution is 2.24. The van der Waals surface area contributed by atoms with Crippen molar-refractivity contribution in [3.05, 3.63) is 65.6 Å². The van der Waals surface area contributed by atoms with Crippen LogP contribution in [0.15, 0.2) is 53.9 Å². The van der Waals surface area contributed by atoms with E-state index in [4.69, 9.17) is 0 Å². The van der Waals surface area contributed by atoms with Gasteiger partial charge in [0.1, 0.15) is 5.65 Å². The molecule has 24 heavy (non-hydrogen) atoms. The van der Waals surface area contributed by atoms with Gasteiger partial charge in [0.2, 0.25) is 5.16 Å². The summed E-state index contributed by atoms with van der Waals surface area (Å²) in [6.45, 7) is 4.18. The molecule has 0 atom stereocenters. The maximum absolute atomic E-state index is 4.61. The minimum atomic E-state index is 0.715. The van der Waals surface area contributed by atoms with Crippen molar-refractivity contribution in [2.45, 2.75) is 24.8 Å². The Labute approximate surface area is 143 Å². The SMILES string of the molecule is Cc1cccc(-n2nnnc2SCc2cn3ccccc3n2)c1C. The van der Waals surface area contributed by atoms with Gasteiger partial charge in [0.15, 0.2) is 0 Å². The third kappa shape index (κ3) is 2.67. The van der Waals surface area contributed by atoms with Gasteiger partial charge < -0.3 is 4.40 Å². The summed E-state index contributed by atoms with van der Waals surface area (Å²) in [6.07, 6.45) is 4.03. The van der Waals surface area contributed by atoms with Crippen molar-refractivity contribution >= 4 is 17.4 Å². The second-order valence-corrected chi connectivity index (χ2v) is 6.52. The number of aryl methyl sites for hydroxylation is 1. The minimum Gasteiger partial charge on any atom is -0.307 e. The van der Waals surface area contributed by atoms with Gasteiger partial charge in [0.05, 0.1) is 11.4 Å². The van der Waals surface area contributed by atoms with E-state index in [0.29, 0.717) is 5.75 Å². The topological polar surface area (TPSA) is 60.9 Å². The van der Waals surface area contributed by atoms with Crippen LogP contribution < -0.4 is 0 Å². The Morgan fingerprint density at radius 1 is 1.08 bits per heavy atom. The molecule has 6 nitrogen and oxygen atoms in total. The molecule has 0 amide bonds. The summed E-state index contributed by atoms with van der Waals surface area (Å²) in [4.78, 5) is 4.61. The molecule has 0 aliphatic rings. The van der Waals surface area contributed by atoms with Crippen molar-refractivity contribution in [1.29, 1.82) is 0 Å². The summed E-state index contributed by atoms with van der Waals surface area (Å²) in [5.41, 5.74) is 5.36. The Kier molecular flexibility index (Phi) is 3.78. The van der Waals surface area contributed by atoms with Crippen LogP contribution in [0.25, 0.3) is 11.3 Å². The number of thioether (sulfide) groups is 1. The number of fused-ring (bicyclic) bond motifs is 1. The summed E-state index contributed by atoms with van der Waals surface area (Å²) in [6, 6.07) is 12.1. The quantitative estimate of drug-likeness (QED) is 0.536. The highest BCUT2D eigenvalue weighted by molar-refractivity contribution is 7.98. The lowest BCUT2D eigenvalue weighted by molar-refractivity contribution is 0.751. The van der Waals surface area contributed by atoms with Gasteiger partial charge >= 0.3 is 0 Å². The number of hydrogen-bond acceptors (Lipinski definition) is 5. The molecule has 0 N–H and O–H groups in total. The van der Waals surface area contributed by atoms with E-state index in [1.165, 1.54) is 11.1 Å². The van der Waals surface area contributed by atoms with Gasteiger partial charge in [-0.1, -0.05) is 30.0 Å². The van der Waals surface area contributed by atoms with E-state index in [1.807, 2.05) is 47.1 Å². The second-order valence-electron chi connectivity index (χ2n) is 5.58. The van der Waals surface area contributed by atoms with E-state index >= 15 is 0 Å². The minimum absolute atomic E-state index is 0.715. The number of hydrogen-bond donors (Lipinski definition) is 0. The summed E-state index contributed by atoms with van der Waals surface area (Å²) >= 11 is 1.58. The first kappa shape index (κ1) is 14.9. The normalized spacial score (nSPS) is 11.2. The average Bonchev–Trinajstić information content (AvgIpc) is 3.21. The largest absolute Gasteiger partial charge is 0.307 e. The van der Waals surface area contributed by atoms with Gasteiger partial charge in [-0.25, -0.2) is 4.98 Å². The smallest absolute Gasteiger partial charge is 0.214 e. The average molecular weight is 336 g/mol. The van der Waals surface area contributed by atoms with E-state index in [2.05, 4.69) is 40.4 Å². The summed E-state index contributed by atoms with van der Waals surface area (Å²) < 4.78 is 3.81. The standard InChI is InChI=1S/C17H16N6S/c1-12-6-5-7-15(13(12)2)23-17(19-20-21-23)24-11-14-10-22-9-4-3-8-16(22)18-14/h3-10H,11H2,1-2H3. The predicted molar refractivity (Wildman–Crippen MR) is 93.4 cm³/mol. The number of tetrazole rings is 1. The molecule has 7 heteroatoms. The van der Waals surface area contributed by atoms with Crippen molar-refractivity contribution in [3.63, 3.8) is 0 Å². The highest BCUT2D eigenvalue weighted by atomic mass is 32.2. The molecule has 0 unspecified atom stereocenters. The van der Waals surface area contributed by atoms with Gasteiger partial charge in [-0.15, -0.1) is 5.10 Å². The van der Waals surface area contributed by atoms with Crippen LogP contribution in [0.3, 0.4) is 0 Å². The Morgan fingerprint density at radius 3 is 2.88 bits per heavy atom. The molecule has 0 saturated carbocycles. The van der Waals surface area contributed by atoms with Crippen molar-refractivity contribution in [2.24, 2.45) is 0 Å². The molecule has 3 heterocycles. The van der Waals surface area contributed by atoms with Gasteiger partial charge in [-0.2, -0.15) is 4.68 Å². The van der Waals surface area contributed by atoms with Crippen molar-refractivity contribution in [3.8, 4) is 5.69 Å². The molecule has 3 aromatic heterocycles. The third-order valence-electron chi connectivity index (χ3n) is 4.01. The fourth-order valence-electron chi connectivity index (χ4n) is 2.58. The molecule has 0 radical (unpaired) electrons. The number of imidazole rings is 1. The fraction of sp³-hybridized carbons (Fsp3) is 0.176. The van der Waals surface area contributed by atoms with Crippen molar-refractivity contribution < 1.29 is 0 Å². The van der Waals surface area contributed by atoms with Crippen LogP contribution in [0.5, 0.6) is 0 Å². The predicted octanol–water partition coefficient (Wildman–Crippen LogP) is 3.22. The number of pyridine rings is 1. The number of nitrogens with zero attached hydrogens (tertiary/aromatic N) is 6. The Bertz CT molecular complexity index is 970. The first-order chi connectivity index (χ1) is 11.7. The van der Waals surface area contributed by atoms with Crippen molar-refractivity contribution in [2.75, 3.05) is 0 Å². The molecule has 0 saturated heterocycles. The third-order valence-corrected chi connectivity index (χ3v) is 4.96. The van der Waals surface area contributed by atoms with Crippen LogP contribution >= 0.6 is 11.8 Å². The van der Waals surface area contributed by atoms with Gasteiger partial charge in [-0.3, -0.25) is 0 Å². The van der Waals surface area contributed by atoms with Gasteiger partial charge in [-0.05, 0) is 53.6 Å². The maximum Gasteiger partial charge on any atom is 0.214 e. The lowest BCUT2D eigenvalue weighted by Crippen LogP contribution is -2.02. The Morgan fingerprint density at radius 2 is 2.00 bits per heavy atom. The molecule has 0 fully saturated rings. The van der Waals surface area contributed by atoms with Crippen LogP contribution in [0, 0.1) is 13.8 Å². The number of rotatable bonds is 4. The van der Waals surface area contributed by atoms with Crippen LogP contribution in [-0.2, 0) is 5.75 Å². The van der Waals surface area contributed by atoms with E-state index in [-0.39, 0.29) is 0 Å². The summed E-state index contributed by atoms with van der Waals surface area (Å²) in [5, 5.41) is 12.9. The first-order valence-electron chi connectivity index (χ1n) is 7.63. The van der Waals surface area contributed by atoms with Gasteiger partial charge in [0, 0.05) is 18.1 Å². The van der Waals surface area contributed by atoms with Crippen LogP contribution in [0.1, 0.15) is 16.8 Å². The fourth-order valence-corrected chi connectivity index (χ4v) is 3.35. The maximum atomic E-state index is 4.61. The van der Waals surface area contributed by atoms with E-state index in [0.717, 1.165) is 22.2 Å². The lowest BCUT2D eigenvalue weighted by atomic mass is 10.1. The number of aromatic nitrogens is 6. The van der Waals surface area contributed by atoms with Crippen molar-refractivity contribution in [1.82, 2.24) is 29.6 Å². The Balaban J connectivity index is 1.60. The lowest BCUT2D eigenvalue weighted by Gasteiger charge is -2.09. The number of benzene rings is 1. The molecule has 0 spiro atoms. The zero-order valence-electron chi connectivity index (χ0n) is 13.4. The van der Waals surface area contributed by atoms with Crippen LogP contribution in [-0.4, -0.2) is 29.6 Å². The molecule has 0 bridgehead atoms. The summed E-state index contributed by atoms with van der Waals surface area (Å²) in [7, 11) is 0. The molecular weight excluding hydrogens is 320 g/mol. The molecular formula is C17H16N6S. The zero-order chi connectivity index (χ0) is 16.5. The van der Waals surface area contributed by atoms with E-state index < -0.39 is 0 Å². The summed E-state index contributed by atoms with van der Waals surface area (Å²) in [5.74, 6) is 0.715. The van der Waals surface area contributed by atoms with E-state index in [1.54, 1.807) is 16.4 Å². The molecule has 1 aromatic carbocycles. The van der Waals surface area contributed by atoms with Crippen LogP contribution in [0.2, 0.25) is 0 Å². The molecule has 4 aromatic rings. The highest BCUT2D eigenvalue weighted by Gasteiger charge is 2.13. The molecule has 0 aliphatic heterocycles. The second kappa shape index (κ2) is 6.09. The Hall–Kier alpha value is -2.67. The first-order valence-corrected chi connectivity index (χ1v) is 8.61. The molecule has 120 valence electrons. The monoisotopic (exact) mass is 336 g/mol. The molecule has 4 rings (SSSR count). The molecule has 0 aliphatic carbocycles. The van der Waals surface area contributed by atoms with E-state index in [9.17, 15) is 0 Å². The van der Waals surface area contributed by atoms with Crippen LogP contribution in [0.4, 0.5) is 0 Å². The zero-order valence-corrected chi connectivity index (χ0v) is 14.2.